The number of allylic oxidation sites excluding steroid dienone is 3. The van der Waals surface area contributed by atoms with Gasteiger partial charge in [-0.3, -0.25) is 0 Å². The van der Waals surface area contributed by atoms with Crippen molar-refractivity contribution in [3.63, 3.8) is 0 Å². The van der Waals surface area contributed by atoms with E-state index in [-0.39, 0.29) is 0 Å². The molecule has 0 saturated heterocycles. The third kappa shape index (κ3) is 7.17. The molecule has 0 radical (unpaired) electrons. The summed E-state index contributed by atoms with van der Waals surface area (Å²) in [4.78, 5) is 0. The van der Waals surface area contributed by atoms with Crippen LogP contribution in [0.1, 0.15) is 33.1 Å². The maximum absolute atomic E-state index is 8.34. The predicted octanol–water partition coefficient (Wildman–Crippen LogP) is 3.44. The molecule has 0 aromatic heterocycles. The van der Waals surface area contributed by atoms with Gasteiger partial charge in [-0.1, -0.05) is 25.2 Å². The van der Waals surface area contributed by atoms with E-state index in [1.165, 1.54) is 6.42 Å². The van der Waals surface area contributed by atoms with Crippen molar-refractivity contribution in [1.82, 2.24) is 0 Å². The van der Waals surface area contributed by atoms with Crippen molar-refractivity contribution in [3.8, 4) is 0 Å². The molecular formula is C10H18O. The molecule has 0 heterocycles. The molecule has 0 bridgehead atoms. The van der Waals surface area contributed by atoms with Crippen LogP contribution in [0.2, 0.25) is 0 Å². The molecule has 1 heteroatoms. The number of aliphatic hydroxyl groups excluding tert-OH is 1. The molecule has 0 spiro atoms. The molecule has 0 amide bonds. The van der Waals surface area contributed by atoms with Crippen LogP contribution in [-0.4, -0.2) is 5.11 Å². The predicted molar refractivity (Wildman–Crippen MR) is 49.6 cm³/mol. The summed E-state index contributed by atoms with van der Waals surface area (Å²) in [5.41, 5.74) is 0. The number of hydrogen-bond donors (Lipinski definition) is 1. The quantitative estimate of drug-likeness (QED) is 0.365. The molecule has 64 valence electrons. The van der Waals surface area contributed by atoms with Gasteiger partial charge in [-0.15, -0.1) is 0 Å². The van der Waals surface area contributed by atoms with E-state index in [9.17, 15) is 0 Å². The monoisotopic (exact) mass is 154 g/mol. The van der Waals surface area contributed by atoms with Gasteiger partial charge in [0.1, 0.15) is 0 Å². The Bertz CT molecular complexity index is 125. The number of hydrogen-bond acceptors (Lipinski definition) is 1. The minimum absolute atomic E-state index is 0.673. The SMILES string of the molecule is CC=CC(C)CCCC=CO. The van der Waals surface area contributed by atoms with Crippen LogP contribution in [-0.2, 0) is 0 Å². The zero-order valence-electron chi connectivity index (χ0n) is 7.46. The van der Waals surface area contributed by atoms with Crippen molar-refractivity contribution in [2.75, 3.05) is 0 Å². The molecule has 0 aliphatic heterocycles. The van der Waals surface area contributed by atoms with Crippen molar-refractivity contribution < 1.29 is 5.11 Å². The van der Waals surface area contributed by atoms with E-state index in [2.05, 4.69) is 19.1 Å². The molecule has 0 saturated carbocycles. The largest absolute Gasteiger partial charge is 0.516 e. The van der Waals surface area contributed by atoms with Crippen LogP contribution in [0.5, 0.6) is 0 Å². The van der Waals surface area contributed by atoms with E-state index in [1.54, 1.807) is 6.08 Å². The fraction of sp³-hybridized carbons (Fsp3) is 0.600. The van der Waals surface area contributed by atoms with Crippen molar-refractivity contribution in [1.29, 1.82) is 0 Å². The minimum Gasteiger partial charge on any atom is -0.516 e. The standard InChI is InChI=1S/C10H18O/c1-3-7-10(2)8-5-4-6-9-11/h3,6-7,9-11H,4-5,8H2,1-2H3. The van der Waals surface area contributed by atoms with Crippen molar-refractivity contribution >= 4 is 0 Å². The average Bonchev–Trinajstić information content (AvgIpc) is 1.99. The molecule has 0 rings (SSSR count). The Morgan fingerprint density at radius 2 is 2.18 bits per heavy atom. The van der Waals surface area contributed by atoms with Gasteiger partial charge in [0.2, 0.25) is 0 Å². The van der Waals surface area contributed by atoms with Crippen LogP contribution in [0.15, 0.2) is 24.5 Å². The van der Waals surface area contributed by atoms with E-state index in [4.69, 9.17) is 5.11 Å². The van der Waals surface area contributed by atoms with Crippen LogP contribution in [0.3, 0.4) is 0 Å². The second-order valence-electron chi connectivity index (χ2n) is 2.82. The van der Waals surface area contributed by atoms with Crippen molar-refractivity contribution in [2.24, 2.45) is 5.92 Å². The van der Waals surface area contributed by atoms with Crippen LogP contribution in [0, 0.1) is 5.92 Å². The molecule has 1 nitrogen and oxygen atoms in total. The van der Waals surface area contributed by atoms with Crippen LogP contribution in [0.4, 0.5) is 0 Å². The number of unbranched alkanes of at least 4 members (excludes halogenated alkanes) is 1. The zero-order chi connectivity index (χ0) is 8.53. The second kappa shape index (κ2) is 7.39. The molecule has 1 atom stereocenters. The average molecular weight is 154 g/mol. The van der Waals surface area contributed by atoms with E-state index >= 15 is 0 Å². The third-order valence-corrected chi connectivity index (χ3v) is 1.66. The topological polar surface area (TPSA) is 20.2 Å². The van der Waals surface area contributed by atoms with Crippen LogP contribution in [0.25, 0.3) is 0 Å². The minimum atomic E-state index is 0.673. The first-order valence-corrected chi connectivity index (χ1v) is 4.23. The Balaban J connectivity index is 3.23. The summed E-state index contributed by atoms with van der Waals surface area (Å²) in [6, 6.07) is 0. The molecule has 1 unspecified atom stereocenters. The lowest BCUT2D eigenvalue weighted by atomic mass is 10.0. The Labute approximate surface area is 69.4 Å². The highest BCUT2D eigenvalue weighted by Gasteiger charge is 1.93. The van der Waals surface area contributed by atoms with Gasteiger partial charge in [-0.05, 0) is 32.1 Å². The maximum atomic E-state index is 8.34. The Morgan fingerprint density at radius 1 is 1.45 bits per heavy atom. The molecular weight excluding hydrogens is 136 g/mol. The van der Waals surface area contributed by atoms with Gasteiger partial charge in [-0.25, -0.2) is 0 Å². The summed E-state index contributed by atoms with van der Waals surface area (Å²) >= 11 is 0. The highest BCUT2D eigenvalue weighted by atomic mass is 16.2. The lowest BCUT2D eigenvalue weighted by Gasteiger charge is -2.02. The molecule has 0 aliphatic rings. The fourth-order valence-corrected chi connectivity index (χ4v) is 1.06. The third-order valence-electron chi connectivity index (χ3n) is 1.66. The van der Waals surface area contributed by atoms with Gasteiger partial charge < -0.3 is 5.11 Å². The first-order valence-electron chi connectivity index (χ1n) is 4.23. The summed E-state index contributed by atoms with van der Waals surface area (Å²) in [6.45, 7) is 4.26. The summed E-state index contributed by atoms with van der Waals surface area (Å²) < 4.78 is 0. The first kappa shape index (κ1) is 10.3. The van der Waals surface area contributed by atoms with Gasteiger partial charge in [0, 0.05) is 0 Å². The number of rotatable bonds is 5. The normalized spacial score (nSPS) is 14.7. The van der Waals surface area contributed by atoms with Crippen LogP contribution >= 0.6 is 0 Å². The van der Waals surface area contributed by atoms with Gasteiger partial charge in [0.25, 0.3) is 0 Å². The summed E-state index contributed by atoms with van der Waals surface area (Å²) in [7, 11) is 0. The molecule has 1 N–H and O–H groups in total. The first-order chi connectivity index (χ1) is 5.31. The van der Waals surface area contributed by atoms with Gasteiger partial charge >= 0.3 is 0 Å². The smallest absolute Gasteiger partial charge is 0.0751 e. The van der Waals surface area contributed by atoms with E-state index < -0.39 is 0 Å². The van der Waals surface area contributed by atoms with E-state index in [1.807, 2.05) is 6.92 Å². The maximum Gasteiger partial charge on any atom is 0.0751 e. The van der Waals surface area contributed by atoms with Gasteiger partial charge in [-0.2, -0.15) is 0 Å². The van der Waals surface area contributed by atoms with Gasteiger partial charge in [0.05, 0.1) is 6.26 Å². The second-order valence-corrected chi connectivity index (χ2v) is 2.82. The lowest BCUT2D eigenvalue weighted by molar-refractivity contribution is 0.469. The molecule has 0 aromatic rings. The Hall–Kier alpha value is -0.720. The van der Waals surface area contributed by atoms with Crippen molar-refractivity contribution in [2.45, 2.75) is 33.1 Å². The highest BCUT2D eigenvalue weighted by molar-refractivity contribution is 4.83. The molecule has 11 heavy (non-hydrogen) atoms. The summed E-state index contributed by atoms with van der Waals surface area (Å²) in [5.74, 6) is 0.673. The summed E-state index contributed by atoms with van der Waals surface area (Å²) in [5, 5.41) is 8.34. The Kier molecular flexibility index (Phi) is 6.90. The zero-order valence-corrected chi connectivity index (χ0v) is 7.46. The van der Waals surface area contributed by atoms with E-state index in [0.717, 1.165) is 19.1 Å². The summed E-state index contributed by atoms with van der Waals surface area (Å²) in [6.07, 6.45) is 10.6. The van der Waals surface area contributed by atoms with Gasteiger partial charge in [0.15, 0.2) is 0 Å². The highest BCUT2D eigenvalue weighted by Crippen LogP contribution is 2.08. The molecule has 0 aromatic carbocycles. The lowest BCUT2D eigenvalue weighted by Crippen LogP contribution is -1.87. The molecule has 0 fully saturated rings. The van der Waals surface area contributed by atoms with Crippen molar-refractivity contribution in [3.05, 3.63) is 24.5 Å². The molecule has 0 aliphatic carbocycles. The Morgan fingerprint density at radius 3 is 2.73 bits per heavy atom. The number of aliphatic hydroxyl groups is 1. The fourth-order valence-electron chi connectivity index (χ4n) is 1.06. The van der Waals surface area contributed by atoms with Crippen LogP contribution < -0.4 is 0 Å². The van der Waals surface area contributed by atoms with E-state index in [0.29, 0.717) is 5.92 Å².